The molecule has 0 spiro atoms. The van der Waals surface area contributed by atoms with E-state index in [-0.39, 0.29) is 17.3 Å². The molecule has 25 heavy (non-hydrogen) atoms. The number of carbonyl (C=O) groups excluding carboxylic acids is 1. The number of halogens is 1. The summed E-state index contributed by atoms with van der Waals surface area (Å²) in [7, 11) is 1.35. The minimum atomic E-state index is -0.563. The number of benzene rings is 3. The standard InChI is InChI=1S/C18H13ClN2O4/c1-25-17-9-8-11(10-16(17)21(23)24)20-18(22)14-6-2-5-13-12(14)4-3-7-15(13)19/h2-10H,1H3,(H,20,22). The van der Waals surface area contributed by atoms with Crippen LogP contribution in [0.25, 0.3) is 10.8 Å². The van der Waals surface area contributed by atoms with Crippen molar-refractivity contribution in [2.45, 2.75) is 0 Å². The molecule has 0 aliphatic carbocycles. The number of ether oxygens (including phenoxy) is 1. The van der Waals surface area contributed by atoms with Crippen LogP contribution in [-0.2, 0) is 0 Å². The fourth-order valence-electron chi connectivity index (χ4n) is 2.58. The molecular formula is C18H13ClN2O4. The van der Waals surface area contributed by atoms with E-state index in [0.29, 0.717) is 21.7 Å². The largest absolute Gasteiger partial charge is 0.490 e. The Labute approximate surface area is 148 Å². The van der Waals surface area contributed by atoms with E-state index in [1.807, 2.05) is 6.07 Å². The second kappa shape index (κ2) is 6.78. The first-order chi connectivity index (χ1) is 12.0. The van der Waals surface area contributed by atoms with Gasteiger partial charge in [0.05, 0.1) is 12.0 Å². The number of nitro groups is 1. The molecule has 3 aromatic rings. The Morgan fingerprint density at radius 3 is 2.56 bits per heavy atom. The number of anilines is 1. The normalized spacial score (nSPS) is 10.5. The molecule has 0 saturated heterocycles. The van der Waals surface area contributed by atoms with E-state index in [9.17, 15) is 14.9 Å². The van der Waals surface area contributed by atoms with E-state index in [0.717, 1.165) is 5.39 Å². The predicted molar refractivity (Wildman–Crippen MR) is 96.6 cm³/mol. The highest BCUT2D eigenvalue weighted by Crippen LogP contribution is 2.31. The minimum Gasteiger partial charge on any atom is -0.490 e. The molecule has 0 bridgehead atoms. The number of fused-ring (bicyclic) bond motifs is 1. The summed E-state index contributed by atoms with van der Waals surface area (Å²) < 4.78 is 4.95. The van der Waals surface area contributed by atoms with Crippen LogP contribution in [0.5, 0.6) is 5.75 Å². The summed E-state index contributed by atoms with van der Waals surface area (Å²) >= 11 is 6.16. The summed E-state index contributed by atoms with van der Waals surface area (Å²) in [4.78, 5) is 23.2. The number of hydrogen-bond donors (Lipinski definition) is 1. The van der Waals surface area contributed by atoms with Crippen LogP contribution in [0.2, 0.25) is 5.02 Å². The third kappa shape index (κ3) is 3.25. The molecule has 126 valence electrons. The Morgan fingerprint density at radius 2 is 1.84 bits per heavy atom. The van der Waals surface area contributed by atoms with Gasteiger partial charge in [0.25, 0.3) is 5.91 Å². The van der Waals surface area contributed by atoms with E-state index < -0.39 is 4.92 Å². The number of methoxy groups -OCH3 is 1. The third-order valence-corrected chi connectivity index (χ3v) is 4.08. The zero-order chi connectivity index (χ0) is 18.0. The van der Waals surface area contributed by atoms with Crippen LogP contribution in [-0.4, -0.2) is 17.9 Å². The molecule has 0 fully saturated rings. The number of amides is 1. The van der Waals surface area contributed by atoms with Crippen LogP contribution in [0.1, 0.15) is 10.4 Å². The molecule has 0 saturated carbocycles. The average Bonchev–Trinajstić information content (AvgIpc) is 2.61. The Kier molecular flexibility index (Phi) is 4.54. The van der Waals surface area contributed by atoms with E-state index in [1.165, 1.54) is 19.2 Å². The number of hydrogen-bond acceptors (Lipinski definition) is 4. The van der Waals surface area contributed by atoms with Gasteiger partial charge in [0, 0.05) is 27.7 Å². The van der Waals surface area contributed by atoms with Crippen molar-refractivity contribution in [3.05, 3.63) is 75.3 Å². The fraction of sp³-hybridized carbons (Fsp3) is 0.0556. The number of rotatable bonds is 4. The zero-order valence-corrected chi connectivity index (χ0v) is 13.9. The quantitative estimate of drug-likeness (QED) is 0.544. The molecule has 6 nitrogen and oxygen atoms in total. The van der Waals surface area contributed by atoms with E-state index >= 15 is 0 Å². The second-order valence-electron chi connectivity index (χ2n) is 5.24. The average molecular weight is 357 g/mol. The Hall–Kier alpha value is -3.12. The molecule has 0 radical (unpaired) electrons. The number of nitrogens with zero attached hydrogens (tertiary/aromatic N) is 1. The summed E-state index contributed by atoms with van der Waals surface area (Å²) in [5.41, 5.74) is 0.510. The highest BCUT2D eigenvalue weighted by molar-refractivity contribution is 6.36. The van der Waals surface area contributed by atoms with E-state index in [1.54, 1.807) is 36.4 Å². The van der Waals surface area contributed by atoms with Crippen LogP contribution < -0.4 is 10.1 Å². The van der Waals surface area contributed by atoms with Gasteiger partial charge in [-0.1, -0.05) is 35.9 Å². The van der Waals surface area contributed by atoms with Crippen LogP contribution in [0.15, 0.2) is 54.6 Å². The van der Waals surface area contributed by atoms with Gasteiger partial charge in [-0.25, -0.2) is 0 Å². The minimum absolute atomic E-state index is 0.125. The summed E-state index contributed by atoms with van der Waals surface area (Å²) in [5, 5.41) is 15.8. The van der Waals surface area contributed by atoms with E-state index in [4.69, 9.17) is 16.3 Å². The van der Waals surface area contributed by atoms with Gasteiger partial charge in [-0.15, -0.1) is 0 Å². The van der Waals surface area contributed by atoms with Gasteiger partial charge >= 0.3 is 5.69 Å². The lowest BCUT2D eigenvalue weighted by Gasteiger charge is -2.10. The molecular weight excluding hydrogens is 344 g/mol. The van der Waals surface area contributed by atoms with Gasteiger partial charge in [0.1, 0.15) is 0 Å². The van der Waals surface area contributed by atoms with Crippen molar-refractivity contribution >= 4 is 39.7 Å². The maximum atomic E-state index is 12.6. The van der Waals surface area contributed by atoms with Gasteiger partial charge < -0.3 is 10.1 Å². The van der Waals surface area contributed by atoms with Crippen LogP contribution >= 0.6 is 11.6 Å². The molecule has 7 heteroatoms. The van der Waals surface area contributed by atoms with Crippen LogP contribution in [0, 0.1) is 10.1 Å². The molecule has 0 heterocycles. The maximum absolute atomic E-state index is 12.6. The Bertz CT molecular complexity index is 988. The van der Waals surface area contributed by atoms with E-state index in [2.05, 4.69) is 5.32 Å². The number of nitrogens with one attached hydrogen (secondary N) is 1. The molecule has 3 aromatic carbocycles. The first kappa shape index (κ1) is 16.7. The van der Waals surface area contributed by atoms with Gasteiger partial charge in [0.2, 0.25) is 0 Å². The first-order valence-electron chi connectivity index (χ1n) is 7.32. The Morgan fingerprint density at radius 1 is 1.12 bits per heavy atom. The molecule has 1 N–H and O–H groups in total. The monoisotopic (exact) mass is 356 g/mol. The van der Waals surface area contributed by atoms with Crippen LogP contribution in [0.4, 0.5) is 11.4 Å². The highest BCUT2D eigenvalue weighted by atomic mass is 35.5. The van der Waals surface area contributed by atoms with Crippen molar-refractivity contribution in [1.29, 1.82) is 0 Å². The predicted octanol–water partition coefficient (Wildman–Crippen LogP) is 4.66. The van der Waals surface area contributed by atoms with Crippen molar-refractivity contribution in [2.75, 3.05) is 12.4 Å². The molecule has 0 aliphatic rings. The number of carbonyl (C=O) groups is 1. The first-order valence-corrected chi connectivity index (χ1v) is 7.70. The Balaban J connectivity index is 1.97. The van der Waals surface area contributed by atoms with Crippen molar-refractivity contribution in [2.24, 2.45) is 0 Å². The molecule has 0 aromatic heterocycles. The molecule has 0 atom stereocenters. The van der Waals surface area contributed by atoms with Crippen molar-refractivity contribution in [1.82, 2.24) is 0 Å². The molecule has 0 aliphatic heterocycles. The lowest BCUT2D eigenvalue weighted by atomic mass is 10.0. The third-order valence-electron chi connectivity index (χ3n) is 3.75. The highest BCUT2D eigenvalue weighted by Gasteiger charge is 2.17. The van der Waals surface area contributed by atoms with Crippen molar-refractivity contribution < 1.29 is 14.5 Å². The van der Waals surface area contributed by atoms with Gasteiger partial charge in [-0.3, -0.25) is 14.9 Å². The zero-order valence-electron chi connectivity index (χ0n) is 13.2. The SMILES string of the molecule is COc1ccc(NC(=O)c2cccc3c(Cl)cccc23)cc1[N+](=O)[O-]. The maximum Gasteiger partial charge on any atom is 0.312 e. The van der Waals surface area contributed by atoms with Crippen LogP contribution in [0.3, 0.4) is 0 Å². The smallest absolute Gasteiger partial charge is 0.312 e. The summed E-state index contributed by atoms with van der Waals surface area (Å²) in [6, 6.07) is 14.8. The van der Waals surface area contributed by atoms with Gasteiger partial charge in [-0.2, -0.15) is 0 Å². The summed E-state index contributed by atoms with van der Waals surface area (Å²) in [6.07, 6.45) is 0. The lowest BCUT2D eigenvalue weighted by Crippen LogP contribution is -2.12. The van der Waals surface area contributed by atoms with Crippen molar-refractivity contribution in [3.8, 4) is 5.75 Å². The van der Waals surface area contributed by atoms with Crippen molar-refractivity contribution in [3.63, 3.8) is 0 Å². The van der Waals surface area contributed by atoms with Gasteiger partial charge in [0.15, 0.2) is 5.75 Å². The summed E-state index contributed by atoms with van der Waals surface area (Å²) in [6.45, 7) is 0. The second-order valence-corrected chi connectivity index (χ2v) is 5.65. The fourth-order valence-corrected chi connectivity index (χ4v) is 2.82. The molecule has 0 unspecified atom stereocenters. The molecule has 1 amide bonds. The topological polar surface area (TPSA) is 81.5 Å². The van der Waals surface area contributed by atoms with Gasteiger partial charge in [-0.05, 0) is 29.7 Å². The molecule has 3 rings (SSSR count). The lowest BCUT2D eigenvalue weighted by molar-refractivity contribution is -0.385. The number of nitro benzene ring substituents is 1. The summed E-state index contributed by atoms with van der Waals surface area (Å²) in [5.74, 6) is -0.257.